The van der Waals surface area contributed by atoms with E-state index in [0.717, 1.165) is 18.5 Å². The molecule has 0 aliphatic rings. The fraction of sp³-hybridized carbons (Fsp3) is 0.462. The van der Waals surface area contributed by atoms with Gasteiger partial charge in [0.25, 0.3) is 5.91 Å². The maximum absolute atomic E-state index is 11.7. The van der Waals surface area contributed by atoms with Gasteiger partial charge in [0.2, 0.25) is 0 Å². The van der Waals surface area contributed by atoms with Crippen molar-refractivity contribution in [2.45, 2.75) is 27.2 Å². The van der Waals surface area contributed by atoms with Gasteiger partial charge in [0.1, 0.15) is 0 Å². The third-order valence-electron chi connectivity index (χ3n) is 2.27. The van der Waals surface area contributed by atoms with Crippen molar-refractivity contribution in [1.82, 2.24) is 5.32 Å². The van der Waals surface area contributed by atoms with Crippen molar-refractivity contribution in [2.24, 2.45) is 5.92 Å². The van der Waals surface area contributed by atoms with Crippen molar-refractivity contribution in [3.63, 3.8) is 0 Å². The molecule has 15 heavy (non-hydrogen) atoms. The molecule has 0 bridgehead atoms. The van der Waals surface area contributed by atoms with Crippen LogP contribution in [-0.2, 0) is 6.42 Å². The van der Waals surface area contributed by atoms with Crippen LogP contribution in [0, 0.1) is 5.92 Å². The molecule has 0 fully saturated rings. The van der Waals surface area contributed by atoms with Crippen molar-refractivity contribution in [1.29, 1.82) is 0 Å². The van der Waals surface area contributed by atoms with E-state index in [-0.39, 0.29) is 5.91 Å². The first kappa shape index (κ1) is 11.8. The van der Waals surface area contributed by atoms with Crippen LogP contribution in [0.4, 0.5) is 0 Å². The predicted molar refractivity (Wildman–Crippen MR) is 63.0 cm³/mol. The summed E-state index contributed by atoms with van der Waals surface area (Å²) < 4.78 is 0. The second-order valence-electron chi connectivity index (χ2n) is 4.16. The third kappa shape index (κ3) is 3.74. The van der Waals surface area contributed by atoms with E-state index in [4.69, 9.17) is 0 Å². The lowest BCUT2D eigenvalue weighted by atomic mass is 10.1. The molecule has 1 aromatic rings. The normalized spacial score (nSPS) is 10.4. The molecule has 0 saturated carbocycles. The molecule has 0 radical (unpaired) electrons. The number of aryl methyl sites for hydroxylation is 1. The second-order valence-corrected chi connectivity index (χ2v) is 4.16. The first-order valence-corrected chi connectivity index (χ1v) is 5.50. The molecule has 0 atom stereocenters. The van der Waals surface area contributed by atoms with Crippen LogP contribution in [0.2, 0.25) is 0 Å². The van der Waals surface area contributed by atoms with Crippen LogP contribution in [0.5, 0.6) is 0 Å². The minimum Gasteiger partial charge on any atom is -0.352 e. The molecule has 0 spiro atoms. The quantitative estimate of drug-likeness (QED) is 0.804. The number of amides is 1. The van der Waals surface area contributed by atoms with E-state index in [9.17, 15) is 4.79 Å². The van der Waals surface area contributed by atoms with E-state index in [1.54, 1.807) is 0 Å². The Morgan fingerprint density at radius 2 is 2.13 bits per heavy atom. The Kier molecular flexibility index (Phi) is 4.35. The Morgan fingerprint density at radius 3 is 2.73 bits per heavy atom. The zero-order valence-corrected chi connectivity index (χ0v) is 9.71. The summed E-state index contributed by atoms with van der Waals surface area (Å²) in [5, 5.41) is 2.91. The number of nitrogens with one attached hydrogen (secondary N) is 1. The van der Waals surface area contributed by atoms with Gasteiger partial charge in [-0.25, -0.2) is 0 Å². The van der Waals surface area contributed by atoms with Crippen LogP contribution < -0.4 is 5.32 Å². The van der Waals surface area contributed by atoms with E-state index in [0.29, 0.717) is 5.92 Å². The first-order valence-electron chi connectivity index (χ1n) is 5.50. The summed E-state index contributed by atoms with van der Waals surface area (Å²) >= 11 is 0. The van der Waals surface area contributed by atoms with Crippen LogP contribution in [0.1, 0.15) is 36.7 Å². The SMILES string of the molecule is CCc1cccc(C(=O)NCC(C)C)c1. The van der Waals surface area contributed by atoms with Crippen LogP contribution in [0.3, 0.4) is 0 Å². The first-order chi connectivity index (χ1) is 7.13. The second kappa shape index (κ2) is 5.54. The molecule has 0 unspecified atom stereocenters. The van der Waals surface area contributed by atoms with Crippen molar-refractivity contribution in [3.8, 4) is 0 Å². The Balaban J connectivity index is 2.65. The fourth-order valence-corrected chi connectivity index (χ4v) is 1.33. The molecular formula is C13H19NO. The molecule has 1 rings (SSSR count). The lowest BCUT2D eigenvalue weighted by molar-refractivity contribution is 0.0949. The largest absolute Gasteiger partial charge is 0.352 e. The number of carbonyl (C=O) groups is 1. The number of benzene rings is 1. The maximum Gasteiger partial charge on any atom is 0.251 e. The van der Waals surface area contributed by atoms with Gasteiger partial charge in [-0.3, -0.25) is 4.79 Å². The molecule has 0 aromatic heterocycles. The number of hydrogen-bond acceptors (Lipinski definition) is 1. The zero-order chi connectivity index (χ0) is 11.3. The van der Waals surface area contributed by atoms with Crippen LogP contribution in [-0.4, -0.2) is 12.5 Å². The smallest absolute Gasteiger partial charge is 0.251 e. The van der Waals surface area contributed by atoms with E-state index >= 15 is 0 Å². The van der Waals surface area contributed by atoms with E-state index in [1.165, 1.54) is 5.56 Å². The molecule has 0 aliphatic carbocycles. The van der Waals surface area contributed by atoms with Gasteiger partial charge in [-0.05, 0) is 30.0 Å². The van der Waals surface area contributed by atoms with Gasteiger partial charge in [0.15, 0.2) is 0 Å². The van der Waals surface area contributed by atoms with E-state index in [2.05, 4.69) is 26.1 Å². The zero-order valence-electron chi connectivity index (χ0n) is 9.71. The highest BCUT2D eigenvalue weighted by Crippen LogP contribution is 2.05. The summed E-state index contributed by atoms with van der Waals surface area (Å²) in [4.78, 5) is 11.7. The van der Waals surface area contributed by atoms with E-state index in [1.807, 2.05) is 24.3 Å². The van der Waals surface area contributed by atoms with Gasteiger partial charge < -0.3 is 5.32 Å². The summed E-state index contributed by atoms with van der Waals surface area (Å²) in [5.74, 6) is 0.516. The van der Waals surface area contributed by atoms with Crippen molar-refractivity contribution in [2.75, 3.05) is 6.54 Å². The monoisotopic (exact) mass is 205 g/mol. The Bertz CT molecular complexity index is 331. The average Bonchev–Trinajstić information content (AvgIpc) is 2.26. The minimum absolute atomic E-state index is 0.0269. The van der Waals surface area contributed by atoms with E-state index < -0.39 is 0 Å². The summed E-state index contributed by atoms with van der Waals surface area (Å²) in [6, 6.07) is 7.78. The highest BCUT2D eigenvalue weighted by molar-refractivity contribution is 5.94. The van der Waals surface area contributed by atoms with Gasteiger partial charge in [0.05, 0.1) is 0 Å². The molecule has 2 heteroatoms. The lowest BCUT2D eigenvalue weighted by Gasteiger charge is -2.08. The highest BCUT2D eigenvalue weighted by Gasteiger charge is 2.05. The summed E-state index contributed by atoms with van der Waals surface area (Å²) in [6.07, 6.45) is 0.964. The minimum atomic E-state index is 0.0269. The van der Waals surface area contributed by atoms with Crippen molar-refractivity contribution >= 4 is 5.91 Å². The van der Waals surface area contributed by atoms with Crippen LogP contribution >= 0.6 is 0 Å². The van der Waals surface area contributed by atoms with Gasteiger partial charge in [0, 0.05) is 12.1 Å². The van der Waals surface area contributed by atoms with Crippen molar-refractivity contribution < 1.29 is 4.79 Å². The summed E-state index contributed by atoms with van der Waals surface area (Å²) in [6.45, 7) is 6.99. The lowest BCUT2D eigenvalue weighted by Crippen LogP contribution is -2.27. The topological polar surface area (TPSA) is 29.1 Å². The highest BCUT2D eigenvalue weighted by atomic mass is 16.1. The van der Waals surface area contributed by atoms with Gasteiger partial charge >= 0.3 is 0 Å². The average molecular weight is 205 g/mol. The maximum atomic E-state index is 11.7. The van der Waals surface area contributed by atoms with Gasteiger partial charge in [-0.2, -0.15) is 0 Å². The molecule has 0 aliphatic heterocycles. The molecule has 82 valence electrons. The predicted octanol–water partition coefficient (Wildman–Crippen LogP) is 2.63. The molecule has 2 nitrogen and oxygen atoms in total. The van der Waals surface area contributed by atoms with Crippen LogP contribution in [0.15, 0.2) is 24.3 Å². The molecular weight excluding hydrogens is 186 g/mol. The summed E-state index contributed by atoms with van der Waals surface area (Å²) in [7, 11) is 0. The third-order valence-corrected chi connectivity index (χ3v) is 2.27. The Hall–Kier alpha value is -1.31. The molecule has 0 saturated heterocycles. The Morgan fingerprint density at radius 1 is 1.40 bits per heavy atom. The van der Waals surface area contributed by atoms with Gasteiger partial charge in [-0.15, -0.1) is 0 Å². The Labute approximate surface area is 91.7 Å². The fourth-order valence-electron chi connectivity index (χ4n) is 1.33. The van der Waals surface area contributed by atoms with Crippen molar-refractivity contribution in [3.05, 3.63) is 35.4 Å². The molecule has 1 aromatic carbocycles. The number of carbonyl (C=O) groups excluding carboxylic acids is 1. The number of rotatable bonds is 4. The molecule has 1 amide bonds. The van der Waals surface area contributed by atoms with Crippen LogP contribution in [0.25, 0.3) is 0 Å². The number of hydrogen-bond donors (Lipinski definition) is 1. The summed E-state index contributed by atoms with van der Waals surface area (Å²) in [5.41, 5.74) is 1.96. The molecule has 1 N–H and O–H groups in total. The van der Waals surface area contributed by atoms with Gasteiger partial charge in [-0.1, -0.05) is 32.9 Å². The standard InChI is InChI=1S/C13H19NO/c1-4-11-6-5-7-12(8-11)13(15)14-9-10(2)3/h5-8,10H,4,9H2,1-3H3,(H,14,15). The molecule has 0 heterocycles.